The summed E-state index contributed by atoms with van der Waals surface area (Å²) < 4.78 is 11.3. The van der Waals surface area contributed by atoms with E-state index in [4.69, 9.17) is 9.15 Å². The van der Waals surface area contributed by atoms with Crippen LogP contribution in [0.1, 0.15) is 21.7 Å². The van der Waals surface area contributed by atoms with Gasteiger partial charge in [0.1, 0.15) is 5.75 Å². The van der Waals surface area contributed by atoms with Gasteiger partial charge in [-0.05, 0) is 58.7 Å². The second-order valence-electron chi connectivity index (χ2n) is 6.49. The van der Waals surface area contributed by atoms with Crippen LogP contribution in [-0.2, 0) is 11.3 Å². The van der Waals surface area contributed by atoms with Crippen LogP contribution in [0.5, 0.6) is 5.75 Å². The molecule has 0 saturated carbocycles. The Morgan fingerprint density at radius 2 is 1.93 bits per heavy atom. The third kappa shape index (κ3) is 3.80. The maximum Gasteiger partial charge on any atom is 0.291 e. The van der Waals surface area contributed by atoms with Crippen LogP contribution < -0.4 is 15.0 Å². The molecule has 142 valence electrons. The molecule has 2 amide bonds. The van der Waals surface area contributed by atoms with Gasteiger partial charge < -0.3 is 19.4 Å². The second kappa shape index (κ2) is 7.52. The van der Waals surface area contributed by atoms with Crippen molar-refractivity contribution < 1.29 is 18.7 Å². The van der Waals surface area contributed by atoms with Gasteiger partial charge in [-0.2, -0.15) is 0 Å². The third-order valence-corrected chi connectivity index (χ3v) is 4.84. The first-order valence-corrected chi connectivity index (χ1v) is 9.48. The van der Waals surface area contributed by atoms with Crippen LogP contribution in [0.2, 0.25) is 0 Å². The van der Waals surface area contributed by atoms with Crippen molar-refractivity contribution in [2.75, 3.05) is 16.8 Å². The summed E-state index contributed by atoms with van der Waals surface area (Å²) in [6.07, 6.45) is 0. The number of halogens is 1. The Morgan fingerprint density at radius 1 is 1.14 bits per heavy atom. The Morgan fingerprint density at radius 3 is 2.64 bits per heavy atom. The van der Waals surface area contributed by atoms with E-state index in [1.807, 2.05) is 31.2 Å². The molecule has 1 N–H and O–H groups in total. The summed E-state index contributed by atoms with van der Waals surface area (Å²) in [5.74, 6) is 0.282. The first kappa shape index (κ1) is 18.3. The number of amides is 2. The highest BCUT2D eigenvalue weighted by Gasteiger charge is 2.26. The molecule has 0 unspecified atom stereocenters. The van der Waals surface area contributed by atoms with Crippen molar-refractivity contribution in [1.82, 2.24) is 0 Å². The Hall–Kier alpha value is -3.06. The molecular formula is C21H17BrN2O4. The molecule has 0 radical (unpaired) electrons. The number of hydrogen-bond acceptors (Lipinski definition) is 4. The fourth-order valence-corrected chi connectivity index (χ4v) is 3.26. The number of hydrogen-bond donors (Lipinski definition) is 1. The van der Waals surface area contributed by atoms with E-state index >= 15 is 0 Å². The molecular weight excluding hydrogens is 424 g/mol. The number of nitrogens with one attached hydrogen (secondary N) is 1. The zero-order valence-corrected chi connectivity index (χ0v) is 16.7. The molecule has 4 rings (SSSR count). The van der Waals surface area contributed by atoms with Gasteiger partial charge in [-0.15, -0.1) is 0 Å². The minimum absolute atomic E-state index is 0.00894. The minimum atomic E-state index is -0.376. The molecule has 0 saturated heterocycles. The summed E-state index contributed by atoms with van der Waals surface area (Å²) in [7, 11) is 0. The molecule has 0 spiro atoms. The lowest BCUT2D eigenvalue weighted by Crippen LogP contribution is -2.38. The number of carbonyl (C=O) groups is 2. The highest BCUT2D eigenvalue weighted by molar-refractivity contribution is 9.10. The van der Waals surface area contributed by atoms with Crippen molar-refractivity contribution in [2.24, 2.45) is 0 Å². The summed E-state index contributed by atoms with van der Waals surface area (Å²) in [4.78, 5) is 26.5. The Kier molecular flexibility index (Phi) is 4.92. The molecule has 0 aliphatic carbocycles. The van der Waals surface area contributed by atoms with Crippen molar-refractivity contribution in [2.45, 2.75) is 13.5 Å². The number of benzene rings is 2. The summed E-state index contributed by atoms with van der Waals surface area (Å²) in [5, 5.41) is 2.78. The van der Waals surface area contributed by atoms with Crippen LogP contribution in [0.15, 0.2) is 63.7 Å². The van der Waals surface area contributed by atoms with Crippen molar-refractivity contribution in [3.8, 4) is 5.75 Å². The molecule has 7 heteroatoms. The van der Waals surface area contributed by atoms with E-state index in [0.29, 0.717) is 28.3 Å². The van der Waals surface area contributed by atoms with Gasteiger partial charge >= 0.3 is 0 Å². The molecule has 3 aromatic rings. The zero-order valence-electron chi connectivity index (χ0n) is 15.1. The van der Waals surface area contributed by atoms with E-state index in [0.717, 1.165) is 11.1 Å². The van der Waals surface area contributed by atoms with Crippen molar-refractivity contribution in [3.63, 3.8) is 0 Å². The highest BCUT2D eigenvalue weighted by atomic mass is 79.9. The number of furan rings is 1. The predicted molar refractivity (Wildman–Crippen MR) is 109 cm³/mol. The third-order valence-electron chi connectivity index (χ3n) is 4.42. The highest BCUT2D eigenvalue weighted by Crippen LogP contribution is 2.35. The summed E-state index contributed by atoms with van der Waals surface area (Å²) in [5.41, 5.74) is 3.34. The Balaban J connectivity index is 1.60. The SMILES string of the molecule is Cc1ccc(CN2C(=O)COc3ccc(NC(=O)c4ccc(Br)o4)cc32)cc1. The number of fused-ring (bicyclic) bond motifs is 1. The van der Waals surface area contributed by atoms with Crippen molar-refractivity contribution in [1.29, 1.82) is 0 Å². The second-order valence-corrected chi connectivity index (χ2v) is 7.28. The molecule has 1 aromatic heterocycles. The van der Waals surface area contributed by atoms with Crippen LogP contribution in [0.3, 0.4) is 0 Å². The number of aryl methyl sites for hydroxylation is 1. The number of ether oxygens (including phenoxy) is 1. The Labute approximate surface area is 170 Å². The van der Waals surface area contributed by atoms with Crippen LogP contribution in [0, 0.1) is 6.92 Å². The monoisotopic (exact) mass is 440 g/mol. The lowest BCUT2D eigenvalue weighted by Gasteiger charge is -2.30. The van der Waals surface area contributed by atoms with Gasteiger partial charge in [0.15, 0.2) is 17.0 Å². The maximum absolute atomic E-state index is 12.5. The smallest absolute Gasteiger partial charge is 0.291 e. The van der Waals surface area contributed by atoms with Gasteiger partial charge in [0, 0.05) is 5.69 Å². The van der Waals surface area contributed by atoms with Crippen molar-refractivity contribution in [3.05, 3.63) is 76.2 Å². The molecule has 2 heterocycles. The van der Waals surface area contributed by atoms with Gasteiger partial charge in [0.25, 0.3) is 11.8 Å². The molecule has 0 bridgehead atoms. The fourth-order valence-electron chi connectivity index (χ4n) is 2.96. The predicted octanol–water partition coefficient (Wildman–Crippen LogP) is 4.53. The van der Waals surface area contributed by atoms with Gasteiger partial charge in [0.05, 0.1) is 12.2 Å². The largest absolute Gasteiger partial charge is 0.482 e. The van der Waals surface area contributed by atoms with Crippen molar-refractivity contribution >= 4 is 39.1 Å². The first-order chi connectivity index (χ1) is 13.5. The molecule has 1 aliphatic rings. The number of rotatable bonds is 4. The summed E-state index contributed by atoms with van der Waals surface area (Å²) in [6, 6.07) is 16.5. The molecule has 2 aromatic carbocycles. The summed E-state index contributed by atoms with van der Waals surface area (Å²) >= 11 is 3.18. The standard InChI is InChI=1S/C21H17BrN2O4/c1-13-2-4-14(5-3-13)11-24-16-10-15(6-7-17(16)27-12-20(24)25)23-21(26)18-8-9-19(22)28-18/h2-10H,11-12H2,1H3,(H,23,26). The van der Waals surface area contributed by atoms with E-state index in [-0.39, 0.29) is 24.2 Å². The van der Waals surface area contributed by atoms with E-state index < -0.39 is 0 Å². The van der Waals surface area contributed by atoms with Gasteiger partial charge in [-0.3, -0.25) is 9.59 Å². The normalized spacial score (nSPS) is 13.1. The number of carbonyl (C=O) groups excluding carboxylic acids is 2. The fraction of sp³-hybridized carbons (Fsp3) is 0.143. The minimum Gasteiger partial charge on any atom is -0.482 e. The average Bonchev–Trinajstić information content (AvgIpc) is 3.12. The number of nitrogens with zero attached hydrogens (tertiary/aromatic N) is 1. The number of anilines is 2. The van der Waals surface area contributed by atoms with Crippen LogP contribution in [0.4, 0.5) is 11.4 Å². The average molecular weight is 441 g/mol. The van der Waals surface area contributed by atoms with E-state index in [9.17, 15) is 9.59 Å². The molecule has 1 aliphatic heterocycles. The lowest BCUT2D eigenvalue weighted by molar-refractivity contribution is -0.121. The van der Waals surface area contributed by atoms with E-state index in [1.54, 1.807) is 35.2 Å². The molecule has 28 heavy (non-hydrogen) atoms. The zero-order chi connectivity index (χ0) is 19.7. The molecule has 0 atom stereocenters. The van der Waals surface area contributed by atoms with Crippen LogP contribution in [-0.4, -0.2) is 18.4 Å². The molecule has 0 fully saturated rings. The lowest BCUT2D eigenvalue weighted by atomic mass is 10.1. The maximum atomic E-state index is 12.5. The molecule has 6 nitrogen and oxygen atoms in total. The first-order valence-electron chi connectivity index (χ1n) is 8.69. The summed E-state index contributed by atoms with van der Waals surface area (Å²) in [6.45, 7) is 2.44. The van der Waals surface area contributed by atoms with Crippen LogP contribution >= 0.6 is 15.9 Å². The van der Waals surface area contributed by atoms with Gasteiger partial charge in [0.2, 0.25) is 0 Å². The van der Waals surface area contributed by atoms with Crippen LogP contribution in [0.25, 0.3) is 0 Å². The topological polar surface area (TPSA) is 71.8 Å². The van der Waals surface area contributed by atoms with Gasteiger partial charge in [-0.1, -0.05) is 29.8 Å². The van der Waals surface area contributed by atoms with Gasteiger partial charge in [-0.25, -0.2) is 0 Å². The quantitative estimate of drug-likeness (QED) is 0.646. The van der Waals surface area contributed by atoms with E-state index in [2.05, 4.69) is 21.2 Å². The van der Waals surface area contributed by atoms with E-state index in [1.165, 1.54) is 0 Å². The Bertz CT molecular complexity index is 1040.